The summed E-state index contributed by atoms with van der Waals surface area (Å²) >= 11 is 0. The van der Waals surface area contributed by atoms with Gasteiger partial charge in [-0.25, -0.2) is 0 Å². The van der Waals surface area contributed by atoms with Gasteiger partial charge in [0.25, 0.3) is 5.91 Å². The van der Waals surface area contributed by atoms with Crippen molar-refractivity contribution in [3.8, 4) is 0 Å². The van der Waals surface area contributed by atoms with Gasteiger partial charge >= 0.3 is 0 Å². The van der Waals surface area contributed by atoms with Gasteiger partial charge in [0, 0.05) is 34.6 Å². The van der Waals surface area contributed by atoms with Crippen LogP contribution in [0, 0.1) is 0 Å². The number of nitrogens with one attached hydrogen (secondary N) is 1. The molecule has 128 valence electrons. The first kappa shape index (κ1) is 17.1. The highest BCUT2D eigenvalue weighted by Crippen LogP contribution is 2.12. The van der Waals surface area contributed by atoms with Crippen molar-refractivity contribution in [3.05, 3.63) is 83.7 Å². The third kappa shape index (κ3) is 4.87. The topological polar surface area (TPSA) is 64.0 Å². The zero-order valence-electron chi connectivity index (χ0n) is 13.9. The van der Waals surface area contributed by atoms with E-state index in [0.717, 1.165) is 11.1 Å². The lowest BCUT2D eigenvalue weighted by molar-refractivity contribution is 0.102. The van der Waals surface area contributed by atoms with Crippen molar-refractivity contribution in [1.29, 1.82) is 0 Å². The first-order chi connectivity index (χ1) is 12.1. The van der Waals surface area contributed by atoms with Crippen LogP contribution in [0.1, 0.15) is 21.5 Å². The Hall–Kier alpha value is -2.73. The number of amides is 1. The van der Waals surface area contributed by atoms with E-state index >= 15 is 0 Å². The largest absolute Gasteiger partial charge is 0.319 e. The molecule has 6 heteroatoms. The number of nitrogens with zero attached hydrogens (tertiary/aromatic N) is 2. The van der Waals surface area contributed by atoms with E-state index in [1.807, 2.05) is 36.4 Å². The SMILES string of the molecule is CS(=O)Cc1cccc(C(=O)Nc2cnn(Cc3ccccc3)c2)c1. The summed E-state index contributed by atoms with van der Waals surface area (Å²) in [5, 5.41) is 7.12. The van der Waals surface area contributed by atoms with Gasteiger partial charge in [0.2, 0.25) is 0 Å². The fraction of sp³-hybridized carbons (Fsp3) is 0.158. The molecule has 1 N–H and O–H groups in total. The van der Waals surface area contributed by atoms with Crippen LogP contribution in [0.5, 0.6) is 0 Å². The first-order valence-electron chi connectivity index (χ1n) is 7.87. The summed E-state index contributed by atoms with van der Waals surface area (Å²) in [5.41, 5.74) is 3.21. The number of carbonyl (C=O) groups is 1. The van der Waals surface area contributed by atoms with Crippen LogP contribution < -0.4 is 5.32 Å². The molecule has 3 rings (SSSR count). The molecule has 0 spiro atoms. The molecule has 1 amide bonds. The predicted octanol–water partition coefficient (Wildman–Crippen LogP) is 3.06. The average Bonchev–Trinajstić information content (AvgIpc) is 3.02. The maximum absolute atomic E-state index is 12.4. The first-order valence-corrected chi connectivity index (χ1v) is 9.59. The fourth-order valence-corrected chi connectivity index (χ4v) is 3.17. The Morgan fingerprint density at radius 2 is 1.88 bits per heavy atom. The molecule has 1 atom stereocenters. The van der Waals surface area contributed by atoms with Crippen LogP contribution in [-0.2, 0) is 23.1 Å². The molecular weight excluding hydrogens is 334 g/mol. The molecule has 0 bridgehead atoms. The zero-order valence-corrected chi connectivity index (χ0v) is 14.7. The lowest BCUT2D eigenvalue weighted by Gasteiger charge is -2.05. The smallest absolute Gasteiger partial charge is 0.255 e. The highest BCUT2D eigenvalue weighted by Gasteiger charge is 2.09. The molecule has 0 radical (unpaired) electrons. The van der Waals surface area contributed by atoms with Crippen molar-refractivity contribution in [3.63, 3.8) is 0 Å². The van der Waals surface area contributed by atoms with Gasteiger partial charge in [0.15, 0.2) is 0 Å². The molecule has 0 aliphatic carbocycles. The van der Waals surface area contributed by atoms with Crippen molar-refractivity contribution < 1.29 is 9.00 Å². The molecule has 3 aromatic rings. The summed E-state index contributed by atoms with van der Waals surface area (Å²) in [6.07, 6.45) is 5.08. The molecular formula is C19H19N3O2S. The van der Waals surface area contributed by atoms with E-state index in [2.05, 4.69) is 10.4 Å². The summed E-state index contributed by atoms with van der Waals surface area (Å²) < 4.78 is 13.1. The number of hydrogen-bond donors (Lipinski definition) is 1. The van der Waals surface area contributed by atoms with E-state index in [1.54, 1.807) is 41.5 Å². The number of anilines is 1. The second-order valence-electron chi connectivity index (χ2n) is 5.78. The summed E-state index contributed by atoms with van der Waals surface area (Å²) in [6.45, 7) is 0.647. The third-order valence-corrected chi connectivity index (χ3v) is 4.38. The number of rotatable bonds is 6. The minimum atomic E-state index is -0.937. The van der Waals surface area contributed by atoms with Gasteiger partial charge < -0.3 is 5.32 Å². The Labute approximate surface area is 149 Å². The van der Waals surface area contributed by atoms with E-state index < -0.39 is 10.8 Å². The second-order valence-corrected chi connectivity index (χ2v) is 7.22. The highest BCUT2D eigenvalue weighted by atomic mass is 32.2. The lowest BCUT2D eigenvalue weighted by Crippen LogP contribution is -2.12. The maximum atomic E-state index is 12.4. The molecule has 1 aromatic heterocycles. The van der Waals surface area contributed by atoms with E-state index in [0.29, 0.717) is 23.5 Å². The molecule has 0 aliphatic rings. The van der Waals surface area contributed by atoms with Crippen LogP contribution in [0.15, 0.2) is 67.0 Å². The molecule has 2 aromatic carbocycles. The van der Waals surface area contributed by atoms with Crippen molar-refractivity contribution in [2.75, 3.05) is 11.6 Å². The summed E-state index contributed by atoms with van der Waals surface area (Å²) in [7, 11) is -0.937. The number of benzene rings is 2. The van der Waals surface area contributed by atoms with Crippen molar-refractivity contribution in [1.82, 2.24) is 9.78 Å². The molecule has 5 nitrogen and oxygen atoms in total. The predicted molar refractivity (Wildman–Crippen MR) is 99.9 cm³/mol. The lowest BCUT2D eigenvalue weighted by atomic mass is 10.1. The molecule has 1 heterocycles. The van der Waals surface area contributed by atoms with Gasteiger partial charge in [-0.15, -0.1) is 0 Å². The Balaban J connectivity index is 1.66. The Bertz CT molecular complexity index is 890. The molecule has 0 saturated carbocycles. The van der Waals surface area contributed by atoms with Gasteiger partial charge in [-0.2, -0.15) is 5.10 Å². The third-order valence-electron chi connectivity index (χ3n) is 3.64. The molecule has 0 fully saturated rings. The van der Waals surface area contributed by atoms with Crippen LogP contribution in [0.4, 0.5) is 5.69 Å². The Morgan fingerprint density at radius 1 is 1.12 bits per heavy atom. The van der Waals surface area contributed by atoms with Crippen LogP contribution in [-0.4, -0.2) is 26.2 Å². The summed E-state index contributed by atoms with van der Waals surface area (Å²) in [4.78, 5) is 12.4. The van der Waals surface area contributed by atoms with Crippen molar-refractivity contribution in [2.24, 2.45) is 0 Å². The summed E-state index contributed by atoms with van der Waals surface area (Å²) in [6, 6.07) is 17.2. The van der Waals surface area contributed by atoms with E-state index in [9.17, 15) is 9.00 Å². The van der Waals surface area contributed by atoms with Gasteiger partial charge in [0.1, 0.15) is 0 Å². The molecule has 1 unspecified atom stereocenters. The molecule has 0 aliphatic heterocycles. The van der Waals surface area contributed by atoms with Crippen molar-refractivity contribution in [2.45, 2.75) is 12.3 Å². The van der Waals surface area contributed by atoms with Crippen LogP contribution in [0.2, 0.25) is 0 Å². The second kappa shape index (κ2) is 7.90. The van der Waals surface area contributed by atoms with Gasteiger partial charge in [-0.3, -0.25) is 13.7 Å². The van der Waals surface area contributed by atoms with Crippen LogP contribution in [0.3, 0.4) is 0 Å². The quantitative estimate of drug-likeness (QED) is 0.741. The average molecular weight is 353 g/mol. The minimum Gasteiger partial charge on any atom is -0.319 e. The normalized spacial score (nSPS) is 11.9. The Kier molecular flexibility index (Phi) is 5.40. The number of hydrogen-bond acceptors (Lipinski definition) is 3. The van der Waals surface area contributed by atoms with Crippen LogP contribution >= 0.6 is 0 Å². The minimum absolute atomic E-state index is 0.206. The number of carbonyl (C=O) groups excluding carboxylic acids is 1. The van der Waals surface area contributed by atoms with Gasteiger partial charge in [-0.1, -0.05) is 42.5 Å². The summed E-state index contributed by atoms with van der Waals surface area (Å²) in [5.74, 6) is 0.235. The number of aromatic nitrogens is 2. The maximum Gasteiger partial charge on any atom is 0.255 e. The van der Waals surface area contributed by atoms with Crippen LogP contribution in [0.25, 0.3) is 0 Å². The van der Waals surface area contributed by atoms with Gasteiger partial charge in [-0.05, 0) is 23.3 Å². The van der Waals surface area contributed by atoms with E-state index in [-0.39, 0.29) is 5.91 Å². The monoisotopic (exact) mass is 353 g/mol. The molecule has 0 saturated heterocycles. The van der Waals surface area contributed by atoms with Crippen molar-refractivity contribution >= 4 is 22.4 Å². The molecule has 25 heavy (non-hydrogen) atoms. The highest BCUT2D eigenvalue weighted by molar-refractivity contribution is 7.83. The standard InChI is InChI=1S/C19H19N3O2S/c1-25(24)14-16-8-5-9-17(10-16)19(23)21-18-11-20-22(13-18)12-15-6-3-2-4-7-15/h2-11,13H,12,14H2,1H3,(H,21,23). The fourth-order valence-electron chi connectivity index (χ4n) is 2.53. The van der Waals surface area contributed by atoms with E-state index in [4.69, 9.17) is 0 Å². The van der Waals surface area contributed by atoms with Gasteiger partial charge in [0.05, 0.1) is 18.4 Å². The zero-order chi connectivity index (χ0) is 17.6. The van der Waals surface area contributed by atoms with E-state index in [1.165, 1.54) is 0 Å². The Morgan fingerprint density at radius 3 is 2.64 bits per heavy atom.